The molecule has 0 spiro atoms. The van der Waals surface area contributed by atoms with Crippen molar-refractivity contribution in [3.63, 3.8) is 0 Å². The molecule has 1 heterocycles. The van der Waals surface area contributed by atoms with Gasteiger partial charge in [-0.15, -0.1) is 11.3 Å². The van der Waals surface area contributed by atoms with Gasteiger partial charge in [0.15, 0.2) is 0 Å². The van der Waals surface area contributed by atoms with Gasteiger partial charge in [0.2, 0.25) is 5.91 Å². The van der Waals surface area contributed by atoms with Gasteiger partial charge in [-0.25, -0.2) is 4.79 Å². The zero-order valence-corrected chi connectivity index (χ0v) is 16.2. The van der Waals surface area contributed by atoms with Gasteiger partial charge in [0.1, 0.15) is 4.88 Å². The highest BCUT2D eigenvalue weighted by atomic mass is 127. The van der Waals surface area contributed by atoms with Crippen LogP contribution in [0.15, 0.2) is 6.07 Å². The number of anilines is 1. The van der Waals surface area contributed by atoms with E-state index in [-0.39, 0.29) is 17.8 Å². The Morgan fingerprint density at radius 1 is 1.36 bits per heavy atom. The van der Waals surface area contributed by atoms with Crippen molar-refractivity contribution in [2.45, 2.75) is 39.5 Å². The molecule has 2 rings (SSSR count). The molecule has 1 fully saturated rings. The summed E-state index contributed by atoms with van der Waals surface area (Å²) in [6.45, 7) is 4.77. The van der Waals surface area contributed by atoms with Crippen LogP contribution in [0.25, 0.3) is 0 Å². The highest BCUT2D eigenvalue weighted by Crippen LogP contribution is 2.35. The van der Waals surface area contributed by atoms with Gasteiger partial charge >= 0.3 is 5.97 Å². The van der Waals surface area contributed by atoms with E-state index in [9.17, 15) is 9.59 Å². The van der Waals surface area contributed by atoms with E-state index in [1.54, 1.807) is 4.90 Å². The number of methoxy groups -OCH3 is 1. The molecule has 0 unspecified atom stereocenters. The minimum Gasteiger partial charge on any atom is -0.465 e. The van der Waals surface area contributed by atoms with Crippen LogP contribution in [-0.4, -0.2) is 25.5 Å². The Kier molecular flexibility index (Phi) is 6.26. The summed E-state index contributed by atoms with van der Waals surface area (Å²) in [4.78, 5) is 27.1. The Labute approximate surface area is 149 Å². The SMILES string of the molecule is CCN(c1cc(I)sc1C(=O)OC)C(=O)[C@H]1CC[C@H](C)CC1. The second-order valence-corrected chi connectivity index (χ2v) is 8.74. The van der Waals surface area contributed by atoms with Crippen LogP contribution in [0, 0.1) is 14.7 Å². The largest absolute Gasteiger partial charge is 0.465 e. The van der Waals surface area contributed by atoms with Crippen molar-refractivity contribution >= 4 is 51.5 Å². The molecule has 0 radical (unpaired) electrons. The van der Waals surface area contributed by atoms with Gasteiger partial charge in [0.25, 0.3) is 0 Å². The highest BCUT2D eigenvalue weighted by molar-refractivity contribution is 14.1. The fourth-order valence-corrected chi connectivity index (χ4v) is 4.73. The Balaban J connectivity index is 2.24. The first-order valence-electron chi connectivity index (χ1n) is 7.66. The summed E-state index contributed by atoms with van der Waals surface area (Å²) in [7, 11) is 1.37. The smallest absolute Gasteiger partial charge is 0.350 e. The average molecular weight is 435 g/mol. The third-order valence-corrected chi connectivity index (χ3v) is 6.16. The maximum Gasteiger partial charge on any atom is 0.350 e. The summed E-state index contributed by atoms with van der Waals surface area (Å²) in [5.74, 6) is 0.575. The Hall–Kier alpha value is -0.630. The van der Waals surface area contributed by atoms with Crippen LogP contribution in [0.5, 0.6) is 0 Å². The number of nitrogens with zero attached hydrogens (tertiary/aromatic N) is 1. The van der Waals surface area contributed by atoms with Gasteiger partial charge in [-0.3, -0.25) is 4.79 Å². The van der Waals surface area contributed by atoms with Crippen LogP contribution in [0.4, 0.5) is 5.69 Å². The molecule has 1 aromatic heterocycles. The number of hydrogen-bond donors (Lipinski definition) is 0. The molecule has 122 valence electrons. The number of thiophene rings is 1. The third-order valence-electron chi connectivity index (χ3n) is 4.29. The van der Waals surface area contributed by atoms with Crippen molar-refractivity contribution in [1.29, 1.82) is 0 Å². The quantitative estimate of drug-likeness (QED) is 0.523. The molecule has 1 amide bonds. The lowest BCUT2D eigenvalue weighted by Gasteiger charge is -2.30. The fraction of sp³-hybridized carbons (Fsp3) is 0.625. The first-order chi connectivity index (χ1) is 10.5. The van der Waals surface area contributed by atoms with E-state index in [1.165, 1.54) is 18.4 Å². The molecule has 0 aromatic carbocycles. The van der Waals surface area contributed by atoms with Crippen LogP contribution >= 0.6 is 33.9 Å². The molecule has 4 nitrogen and oxygen atoms in total. The number of ether oxygens (including phenoxy) is 1. The van der Waals surface area contributed by atoms with E-state index in [0.717, 1.165) is 28.6 Å². The molecule has 1 aliphatic carbocycles. The van der Waals surface area contributed by atoms with E-state index in [1.807, 2.05) is 13.0 Å². The molecule has 22 heavy (non-hydrogen) atoms. The van der Waals surface area contributed by atoms with Crippen molar-refractivity contribution in [2.75, 3.05) is 18.6 Å². The van der Waals surface area contributed by atoms with Gasteiger partial charge in [-0.1, -0.05) is 6.92 Å². The third kappa shape index (κ3) is 3.82. The Morgan fingerprint density at radius 3 is 2.55 bits per heavy atom. The summed E-state index contributed by atoms with van der Waals surface area (Å²) in [6.07, 6.45) is 4.12. The minimum absolute atomic E-state index is 0.0826. The molecule has 0 aliphatic heterocycles. The van der Waals surface area contributed by atoms with Crippen LogP contribution in [0.2, 0.25) is 0 Å². The Morgan fingerprint density at radius 2 is 2.00 bits per heavy atom. The van der Waals surface area contributed by atoms with E-state index >= 15 is 0 Å². The van der Waals surface area contributed by atoms with Crippen molar-refractivity contribution in [2.24, 2.45) is 11.8 Å². The molecule has 0 saturated heterocycles. The van der Waals surface area contributed by atoms with E-state index < -0.39 is 0 Å². The molecule has 0 atom stereocenters. The molecule has 0 N–H and O–H groups in total. The predicted octanol–water partition coefficient (Wildman–Crippen LogP) is 4.32. The highest BCUT2D eigenvalue weighted by Gasteiger charge is 2.31. The van der Waals surface area contributed by atoms with Gasteiger partial charge in [0, 0.05) is 12.5 Å². The monoisotopic (exact) mass is 435 g/mol. The summed E-state index contributed by atoms with van der Waals surface area (Å²) < 4.78 is 5.84. The molecule has 0 bridgehead atoms. The lowest BCUT2D eigenvalue weighted by atomic mass is 9.82. The molecular weight excluding hydrogens is 413 g/mol. The second kappa shape index (κ2) is 7.77. The maximum absolute atomic E-state index is 12.9. The summed E-state index contributed by atoms with van der Waals surface area (Å²) in [5.41, 5.74) is 0.701. The first-order valence-corrected chi connectivity index (χ1v) is 9.56. The second-order valence-electron chi connectivity index (χ2n) is 5.80. The van der Waals surface area contributed by atoms with Crippen molar-refractivity contribution < 1.29 is 14.3 Å². The van der Waals surface area contributed by atoms with Crippen LogP contribution in [-0.2, 0) is 9.53 Å². The van der Waals surface area contributed by atoms with Gasteiger partial charge in [0.05, 0.1) is 15.7 Å². The number of carbonyl (C=O) groups is 2. The Bertz CT molecular complexity index is 550. The van der Waals surface area contributed by atoms with Crippen LogP contribution in [0.3, 0.4) is 0 Å². The molecule has 1 aromatic rings. The van der Waals surface area contributed by atoms with Gasteiger partial charge in [-0.05, 0) is 67.2 Å². The lowest BCUT2D eigenvalue weighted by Crippen LogP contribution is -2.38. The normalized spacial score (nSPS) is 21.5. The molecular formula is C16H22INO3S. The fourth-order valence-electron chi connectivity index (χ4n) is 2.96. The van der Waals surface area contributed by atoms with Crippen LogP contribution in [0.1, 0.15) is 49.2 Å². The maximum atomic E-state index is 12.9. The number of rotatable bonds is 4. The standard InChI is InChI=1S/C16H22INO3S/c1-4-18(15(19)11-7-5-10(2)6-8-11)12-9-13(17)22-14(12)16(20)21-3/h9-11H,4-8H2,1-3H3/t10-,11-. The van der Waals surface area contributed by atoms with E-state index in [2.05, 4.69) is 29.5 Å². The lowest BCUT2D eigenvalue weighted by molar-refractivity contribution is -0.123. The van der Waals surface area contributed by atoms with Crippen LogP contribution < -0.4 is 4.90 Å². The molecule has 1 aliphatic rings. The van der Waals surface area contributed by atoms with Gasteiger partial charge in [-0.2, -0.15) is 0 Å². The van der Waals surface area contributed by atoms with Crippen molar-refractivity contribution in [1.82, 2.24) is 0 Å². The van der Waals surface area contributed by atoms with Crippen molar-refractivity contribution in [3.8, 4) is 0 Å². The van der Waals surface area contributed by atoms with Gasteiger partial charge < -0.3 is 9.64 Å². The first kappa shape index (κ1) is 17.7. The zero-order chi connectivity index (χ0) is 16.3. The predicted molar refractivity (Wildman–Crippen MR) is 97.5 cm³/mol. The zero-order valence-electron chi connectivity index (χ0n) is 13.2. The van der Waals surface area contributed by atoms with Crippen molar-refractivity contribution in [3.05, 3.63) is 13.8 Å². The molecule has 6 heteroatoms. The van der Waals surface area contributed by atoms with E-state index in [0.29, 0.717) is 23.0 Å². The number of hydrogen-bond acceptors (Lipinski definition) is 4. The summed E-state index contributed by atoms with van der Waals surface area (Å²) in [6, 6.07) is 1.91. The summed E-state index contributed by atoms with van der Waals surface area (Å²) >= 11 is 3.55. The summed E-state index contributed by atoms with van der Waals surface area (Å²) in [5, 5.41) is 0. The minimum atomic E-state index is -0.369. The number of carbonyl (C=O) groups excluding carboxylic acids is 2. The average Bonchev–Trinajstić information content (AvgIpc) is 2.89. The van der Waals surface area contributed by atoms with E-state index in [4.69, 9.17) is 4.74 Å². The molecule has 1 saturated carbocycles. The topological polar surface area (TPSA) is 46.6 Å². The number of halogens is 1. The number of esters is 1. The number of amides is 1.